The molecule has 3 nitrogen and oxygen atoms in total. The fraction of sp³-hybridized carbons (Fsp3) is 0.263. The maximum absolute atomic E-state index is 12.4. The molecule has 0 radical (unpaired) electrons. The van der Waals surface area contributed by atoms with Gasteiger partial charge in [-0.25, -0.2) is 4.98 Å². The molecule has 0 spiro atoms. The molecule has 0 aliphatic rings. The molecule has 0 fully saturated rings. The lowest BCUT2D eigenvalue weighted by atomic mass is 10.1. The van der Waals surface area contributed by atoms with Crippen LogP contribution in [0, 0.1) is 0 Å². The van der Waals surface area contributed by atoms with Crippen molar-refractivity contribution < 1.29 is 4.79 Å². The number of aromatic nitrogens is 1. The molecular weight excluding hydrogens is 304 g/mol. The number of hydrogen-bond donors (Lipinski definition) is 0. The van der Waals surface area contributed by atoms with Crippen LogP contribution < -0.4 is 0 Å². The lowest BCUT2D eigenvalue weighted by Crippen LogP contribution is -2.29. The van der Waals surface area contributed by atoms with Gasteiger partial charge in [0, 0.05) is 13.5 Å². The van der Waals surface area contributed by atoms with Gasteiger partial charge < -0.3 is 4.90 Å². The van der Waals surface area contributed by atoms with Crippen LogP contribution in [0.1, 0.15) is 30.0 Å². The van der Waals surface area contributed by atoms with Crippen LogP contribution in [0.25, 0.3) is 10.2 Å². The van der Waals surface area contributed by atoms with Crippen LogP contribution in [0.3, 0.4) is 0 Å². The van der Waals surface area contributed by atoms with Gasteiger partial charge >= 0.3 is 0 Å². The van der Waals surface area contributed by atoms with Gasteiger partial charge in [0.2, 0.25) is 5.91 Å². The number of aryl methyl sites for hydroxylation is 1. The Kier molecular flexibility index (Phi) is 4.72. The second kappa shape index (κ2) is 6.92. The van der Waals surface area contributed by atoms with E-state index in [1.165, 1.54) is 10.3 Å². The van der Waals surface area contributed by atoms with Gasteiger partial charge in [-0.05, 0) is 31.0 Å². The van der Waals surface area contributed by atoms with Crippen molar-refractivity contribution in [2.75, 3.05) is 7.05 Å². The van der Waals surface area contributed by atoms with Crippen molar-refractivity contribution in [1.29, 1.82) is 0 Å². The first-order valence-corrected chi connectivity index (χ1v) is 8.62. The summed E-state index contributed by atoms with van der Waals surface area (Å²) in [6.07, 6.45) is 1.30. The third-order valence-electron chi connectivity index (χ3n) is 4.11. The number of benzene rings is 2. The number of thiazole rings is 1. The number of rotatable bonds is 5. The lowest BCUT2D eigenvalue weighted by molar-refractivity contribution is -0.131. The number of hydrogen-bond acceptors (Lipinski definition) is 3. The van der Waals surface area contributed by atoms with E-state index in [1.54, 1.807) is 16.2 Å². The molecule has 0 N–H and O–H groups in total. The Morgan fingerprint density at radius 3 is 2.57 bits per heavy atom. The van der Waals surface area contributed by atoms with Gasteiger partial charge in [0.25, 0.3) is 0 Å². The van der Waals surface area contributed by atoms with E-state index in [-0.39, 0.29) is 11.9 Å². The van der Waals surface area contributed by atoms with Crippen molar-refractivity contribution in [2.45, 2.75) is 25.8 Å². The largest absolute Gasteiger partial charge is 0.337 e. The van der Waals surface area contributed by atoms with Crippen molar-refractivity contribution in [1.82, 2.24) is 9.88 Å². The van der Waals surface area contributed by atoms with E-state index in [1.807, 2.05) is 50.4 Å². The summed E-state index contributed by atoms with van der Waals surface area (Å²) in [5.41, 5.74) is 2.20. The van der Waals surface area contributed by atoms with Crippen molar-refractivity contribution in [2.24, 2.45) is 0 Å². The van der Waals surface area contributed by atoms with Crippen molar-refractivity contribution in [3.63, 3.8) is 0 Å². The van der Waals surface area contributed by atoms with Crippen LogP contribution in [0.2, 0.25) is 0 Å². The summed E-state index contributed by atoms with van der Waals surface area (Å²) in [5.74, 6) is 0.153. The Labute approximate surface area is 140 Å². The van der Waals surface area contributed by atoms with Crippen LogP contribution >= 0.6 is 11.3 Å². The molecule has 3 rings (SSSR count). The topological polar surface area (TPSA) is 33.2 Å². The van der Waals surface area contributed by atoms with Gasteiger partial charge in [0.1, 0.15) is 5.01 Å². The van der Waals surface area contributed by atoms with E-state index >= 15 is 0 Å². The quantitative estimate of drug-likeness (QED) is 0.695. The Morgan fingerprint density at radius 1 is 1.13 bits per heavy atom. The normalized spacial score (nSPS) is 12.3. The lowest BCUT2D eigenvalue weighted by Gasteiger charge is -2.23. The summed E-state index contributed by atoms with van der Waals surface area (Å²) in [6.45, 7) is 2.04. The van der Waals surface area contributed by atoms with Gasteiger partial charge in [-0.1, -0.05) is 42.5 Å². The summed E-state index contributed by atoms with van der Waals surface area (Å²) in [4.78, 5) is 18.9. The van der Waals surface area contributed by atoms with Crippen LogP contribution in [-0.4, -0.2) is 22.8 Å². The van der Waals surface area contributed by atoms with Gasteiger partial charge in [-0.3, -0.25) is 4.79 Å². The summed E-state index contributed by atoms with van der Waals surface area (Å²) in [6, 6.07) is 18.2. The van der Waals surface area contributed by atoms with E-state index in [4.69, 9.17) is 0 Å². The van der Waals surface area contributed by atoms with E-state index in [0.717, 1.165) is 16.9 Å². The minimum Gasteiger partial charge on any atom is -0.337 e. The Bertz CT molecular complexity index is 764. The zero-order valence-electron chi connectivity index (χ0n) is 13.4. The van der Waals surface area contributed by atoms with Crippen LogP contribution in [0.5, 0.6) is 0 Å². The molecular formula is C19H20N2OS. The molecule has 0 bridgehead atoms. The van der Waals surface area contributed by atoms with E-state index in [2.05, 4.69) is 23.2 Å². The smallest absolute Gasteiger partial charge is 0.223 e. The highest BCUT2D eigenvalue weighted by molar-refractivity contribution is 7.18. The molecule has 0 unspecified atom stereocenters. The second-order valence-electron chi connectivity index (χ2n) is 5.69. The monoisotopic (exact) mass is 324 g/mol. The molecule has 0 saturated carbocycles. The summed E-state index contributed by atoms with van der Waals surface area (Å²) >= 11 is 1.66. The third-order valence-corrected chi connectivity index (χ3v) is 5.32. The predicted molar refractivity (Wildman–Crippen MR) is 95.6 cm³/mol. The van der Waals surface area contributed by atoms with Crippen LogP contribution in [0.15, 0.2) is 54.6 Å². The number of para-hydroxylation sites is 1. The first-order chi connectivity index (χ1) is 11.1. The first-order valence-electron chi connectivity index (χ1n) is 7.80. The predicted octanol–water partition coefficient (Wildman–Crippen LogP) is 4.45. The zero-order chi connectivity index (χ0) is 16.2. The molecule has 0 aliphatic heterocycles. The maximum atomic E-state index is 12.4. The van der Waals surface area contributed by atoms with Gasteiger partial charge in [0.05, 0.1) is 16.3 Å². The minimum atomic E-state index is -0.00401. The van der Waals surface area contributed by atoms with Gasteiger partial charge in [-0.15, -0.1) is 11.3 Å². The summed E-state index contributed by atoms with van der Waals surface area (Å²) in [5, 5.41) is 0.988. The number of carbonyl (C=O) groups excluding carboxylic acids is 1. The molecule has 3 aromatic rings. The molecule has 118 valence electrons. The highest BCUT2D eigenvalue weighted by Gasteiger charge is 2.20. The average molecular weight is 324 g/mol. The Balaban J connectivity index is 1.66. The van der Waals surface area contributed by atoms with E-state index in [0.29, 0.717) is 6.42 Å². The second-order valence-corrected chi connectivity index (χ2v) is 6.75. The fourth-order valence-electron chi connectivity index (χ4n) is 2.52. The fourth-order valence-corrected chi connectivity index (χ4v) is 3.59. The number of carbonyl (C=O) groups is 1. The molecule has 1 aromatic heterocycles. The molecule has 0 saturated heterocycles. The van der Waals surface area contributed by atoms with Crippen LogP contribution in [-0.2, 0) is 11.2 Å². The molecule has 1 heterocycles. The Morgan fingerprint density at radius 2 is 1.83 bits per heavy atom. The summed E-state index contributed by atoms with van der Waals surface area (Å²) in [7, 11) is 1.87. The molecule has 1 amide bonds. The van der Waals surface area contributed by atoms with E-state index < -0.39 is 0 Å². The molecule has 1 atom stereocenters. The van der Waals surface area contributed by atoms with E-state index in [9.17, 15) is 4.79 Å². The number of amides is 1. The van der Waals surface area contributed by atoms with Crippen LogP contribution in [0.4, 0.5) is 0 Å². The van der Waals surface area contributed by atoms with Gasteiger partial charge in [0.15, 0.2) is 0 Å². The molecule has 2 aromatic carbocycles. The average Bonchev–Trinajstić information content (AvgIpc) is 3.03. The highest BCUT2D eigenvalue weighted by Crippen LogP contribution is 2.29. The first kappa shape index (κ1) is 15.7. The number of fused-ring (bicyclic) bond motifs is 1. The van der Waals surface area contributed by atoms with Crippen molar-refractivity contribution >= 4 is 27.5 Å². The molecule has 4 heteroatoms. The molecule has 0 aliphatic carbocycles. The zero-order valence-corrected chi connectivity index (χ0v) is 14.2. The van der Waals surface area contributed by atoms with Crippen molar-refractivity contribution in [3.05, 3.63) is 65.2 Å². The van der Waals surface area contributed by atoms with Gasteiger partial charge in [-0.2, -0.15) is 0 Å². The standard InChI is InChI=1S/C19H20N2OS/c1-14(19-20-16-10-6-7-11-17(16)23-19)21(2)18(22)13-12-15-8-4-3-5-9-15/h3-11,14H,12-13H2,1-2H3/t14-/m0/s1. The highest BCUT2D eigenvalue weighted by atomic mass is 32.1. The summed E-state index contributed by atoms with van der Waals surface area (Å²) < 4.78 is 1.17. The third kappa shape index (κ3) is 3.59. The Hall–Kier alpha value is -2.20. The SMILES string of the molecule is C[C@@H](c1nc2ccccc2s1)N(C)C(=O)CCc1ccccc1. The number of nitrogens with zero attached hydrogens (tertiary/aromatic N) is 2. The molecule has 23 heavy (non-hydrogen) atoms. The van der Waals surface area contributed by atoms with Crippen molar-refractivity contribution in [3.8, 4) is 0 Å². The maximum Gasteiger partial charge on any atom is 0.223 e. The minimum absolute atomic E-state index is 0.00401.